The van der Waals surface area contributed by atoms with Gasteiger partial charge in [0.05, 0.1) is 6.61 Å². The molecule has 0 radical (unpaired) electrons. The van der Waals surface area contributed by atoms with Crippen molar-refractivity contribution < 1.29 is 4.74 Å². The monoisotopic (exact) mass is 272 g/mol. The summed E-state index contributed by atoms with van der Waals surface area (Å²) >= 11 is 0. The highest BCUT2D eigenvalue weighted by Crippen LogP contribution is 2.55. The zero-order valence-electron chi connectivity index (χ0n) is 12.0. The SMILES string of the molecule is NNC(CCc1ccc2c(c1)CCO2)C1CC2CC2C1. The smallest absolute Gasteiger partial charge is 0.122 e. The Morgan fingerprint density at radius 3 is 2.90 bits per heavy atom. The molecule has 1 aliphatic heterocycles. The average Bonchev–Trinajstić information content (AvgIpc) is 2.90. The first-order valence-electron chi connectivity index (χ1n) is 8.04. The maximum absolute atomic E-state index is 5.80. The van der Waals surface area contributed by atoms with Gasteiger partial charge >= 0.3 is 0 Å². The number of nitrogens with two attached hydrogens (primary N) is 1. The minimum Gasteiger partial charge on any atom is -0.493 e. The van der Waals surface area contributed by atoms with E-state index in [4.69, 9.17) is 10.6 Å². The van der Waals surface area contributed by atoms with Crippen LogP contribution >= 0.6 is 0 Å². The van der Waals surface area contributed by atoms with Crippen molar-refractivity contribution in [1.82, 2.24) is 5.43 Å². The molecule has 3 aliphatic rings. The van der Waals surface area contributed by atoms with Gasteiger partial charge in [0.1, 0.15) is 5.75 Å². The van der Waals surface area contributed by atoms with Gasteiger partial charge in [-0.05, 0) is 67.1 Å². The van der Waals surface area contributed by atoms with Crippen LogP contribution in [0.4, 0.5) is 0 Å². The third-order valence-corrected chi connectivity index (χ3v) is 5.56. The zero-order valence-corrected chi connectivity index (χ0v) is 12.0. The molecule has 2 fully saturated rings. The Balaban J connectivity index is 1.36. The Labute approximate surface area is 120 Å². The minimum absolute atomic E-state index is 0.493. The molecule has 2 saturated carbocycles. The van der Waals surface area contributed by atoms with E-state index in [1.165, 1.54) is 30.4 Å². The summed E-state index contributed by atoms with van der Waals surface area (Å²) in [5.41, 5.74) is 5.89. The Morgan fingerprint density at radius 2 is 2.10 bits per heavy atom. The van der Waals surface area contributed by atoms with Gasteiger partial charge < -0.3 is 4.74 Å². The number of hydrazine groups is 1. The van der Waals surface area contributed by atoms with Gasteiger partial charge in [-0.1, -0.05) is 12.1 Å². The number of hydrogen-bond acceptors (Lipinski definition) is 3. The zero-order chi connectivity index (χ0) is 13.5. The van der Waals surface area contributed by atoms with E-state index in [2.05, 4.69) is 23.6 Å². The lowest BCUT2D eigenvalue weighted by Crippen LogP contribution is -2.40. The molecule has 1 aromatic carbocycles. The Hall–Kier alpha value is -1.06. The van der Waals surface area contributed by atoms with Crippen LogP contribution in [0.15, 0.2) is 18.2 Å². The largest absolute Gasteiger partial charge is 0.493 e. The van der Waals surface area contributed by atoms with Gasteiger partial charge in [0.15, 0.2) is 0 Å². The molecular weight excluding hydrogens is 248 g/mol. The van der Waals surface area contributed by atoms with Crippen molar-refractivity contribution in [2.75, 3.05) is 6.61 Å². The second-order valence-corrected chi connectivity index (χ2v) is 6.84. The molecule has 4 rings (SSSR count). The molecule has 0 amide bonds. The summed E-state index contributed by atoms with van der Waals surface area (Å²) in [7, 11) is 0. The first kappa shape index (κ1) is 12.7. The number of hydrogen-bond donors (Lipinski definition) is 2. The van der Waals surface area contributed by atoms with Gasteiger partial charge in [-0.15, -0.1) is 0 Å². The fourth-order valence-electron chi connectivity index (χ4n) is 4.26. The Morgan fingerprint density at radius 1 is 1.25 bits per heavy atom. The van der Waals surface area contributed by atoms with Gasteiger partial charge in [-0.3, -0.25) is 11.3 Å². The summed E-state index contributed by atoms with van der Waals surface area (Å²) in [5.74, 6) is 9.76. The summed E-state index contributed by atoms with van der Waals surface area (Å²) in [6, 6.07) is 7.16. The topological polar surface area (TPSA) is 47.3 Å². The summed E-state index contributed by atoms with van der Waals surface area (Å²) in [6.07, 6.45) is 7.62. The number of aryl methyl sites for hydroxylation is 1. The maximum atomic E-state index is 5.80. The van der Waals surface area contributed by atoms with Crippen molar-refractivity contribution >= 4 is 0 Å². The van der Waals surface area contributed by atoms with E-state index in [9.17, 15) is 0 Å². The summed E-state index contributed by atoms with van der Waals surface area (Å²) in [5, 5.41) is 0. The van der Waals surface area contributed by atoms with E-state index < -0.39 is 0 Å². The van der Waals surface area contributed by atoms with Crippen molar-refractivity contribution in [2.24, 2.45) is 23.6 Å². The molecule has 3 atom stereocenters. The lowest BCUT2D eigenvalue weighted by Gasteiger charge is -2.24. The van der Waals surface area contributed by atoms with Crippen LogP contribution in [0.2, 0.25) is 0 Å². The van der Waals surface area contributed by atoms with Crippen LogP contribution in [0.1, 0.15) is 36.8 Å². The number of ether oxygens (including phenoxy) is 1. The third kappa shape index (κ3) is 2.33. The van der Waals surface area contributed by atoms with Crippen molar-refractivity contribution in [3.8, 4) is 5.75 Å². The number of nitrogens with one attached hydrogen (secondary N) is 1. The van der Waals surface area contributed by atoms with E-state index in [-0.39, 0.29) is 0 Å². The molecule has 0 saturated heterocycles. The molecule has 1 aromatic rings. The number of fused-ring (bicyclic) bond motifs is 2. The molecule has 3 N–H and O–H groups in total. The van der Waals surface area contributed by atoms with Crippen molar-refractivity contribution in [3.63, 3.8) is 0 Å². The predicted octanol–water partition coefficient (Wildman–Crippen LogP) is 2.43. The molecule has 2 aliphatic carbocycles. The third-order valence-electron chi connectivity index (χ3n) is 5.56. The van der Waals surface area contributed by atoms with Crippen LogP contribution in [0, 0.1) is 17.8 Å². The van der Waals surface area contributed by atoms with E-state index in [1.807, 2.05) is 0 Å². The number of rotatable bonds is 5. The van der Waals surface area contributed by atoms with E-state index in [0.29, 0.717) is 6.04 Å². The Kier molecular flexibility index (Phi) is 3.20. The minimum atomic E-state index is 0.493. The van der Waals surface area contributed by atoms with Gasteiger partial charge in [-0.2, -0.15) is 0 Å². The van der Waals surface area contributed by atoms with Crippen LogP contribution in [0.25, 0.3) is 0 Å². The summed E-state index contributed by atoms with van der Waals surface area (Å²) in [4.78, 5) is 0. The van der Waals surface area contributed by atoms with Crippen LogP contribution in [0.3, 0.4) is 0 Å². The molecule has 3 heteroatoms. The molecule has 0 aromatic heterocycles. The van der Waals surface area contributed by atoms with Crippen molar-refractivity contribution in [3.05, 3.63) is 29.3 Å². The standard InChI is InChI=1S/C17H24N2O/c18-19-16(15-9-13-8-14(13)10-15)3-1-11-2-4-17-12(7-11)5-6-20-17/h2,4,7,13-16,19H,1,3,5-6,8-10,18H2. The molecule has 3 unspecified atom stereocenters. The fourth-order valence-corrected chi connectivity index (χ4v) is 4.26. The first-order valence-corrected chi connectivity index (χ1v) is 8.04. The highest BCUT2D eigenvalue weighted by molar-refractivity contribution is 5.39. The van der Waals surface area contributed by atoms with Crippen molar-refractivity contribution in [2.45, 2.75) is 44.6 Å². The van der Waals surface area contributed by atoms with Gasteiger partial charge in [0, 0.05) is 12.5 Å². The van der Waals surface area contributed by atoms with Crippen LogP contribution < -0.4 is 16.0 Å². The van der Waals surface area contributed by atoms with Gasteiger partial charge in [0.2, 0.25) is 0 Å². The Bertz CT molecular complexity index is 492. The molecule has 3 nitrogen and oxygen atoms in total. The van der Waals surface area contributed by atoms with E-state index in [1.54, 1.807) is 0 Å². The van der Waals surface area contributed by atoms with E-state index in [0.717, 1.165) is 49.4 Å². The first-order chi connectivity index (χ1) is 9.83. The molecule has 1 heterocycles. The van der Waals surface area contributed by atoms with Crippen molar-refractivity contribution in [1.29, 1.82) is 0 Å². The fraction of sp³-hybridized carbons (Fsp3) is 0.647. The van der Waals surface area contributed by atoms with Crippen LogP contribution in [0.5, 0.6) is 5.75 Å². The lowest BCUT2D eigenvalue weighted by atomic mass is 9.90. The van der Waals surface area contributed by atoms with Gasteiger partial charge in [-0.25, -0.2) is 0 Å². The quantitative estimate of drug-likeness (QED) is 0.639. The number of benzene rings is 1. The van der Waals surface area contributed by atoms with E-state index >= 15 is 0 Å². The van der Waals surface area contributed by atoms with Crippen LogP contribution in [-0.4, -0.2) is 12.6 Å². The highest BCUT2D eigenvalue weighted by Gasteiger charge is 2.47. The highest BCUT2D eigenvalue weighted by atomic mass is 16.5. The van der Waals surface area contributed by atoms with Crippen LogP contribution in [-0.2, 0) is 12.8 Å². The molecule has 0 bridgehead atoms. The summed E-state index contributed by atoms with van der Waals surface area (Å²) < 4.78 is 5.57. The molecule has 0 spiro atoms. The second-order valence-electron chi connectivity index (χ2n) is 6.84. The van der Waals surface area contributed by atoms with Gasteiger partial charge in [0.25, 0.3) is 0 Å². The molecular formula is C17H24N2O. The predicted molar refractivity (Wildman–Crippen MR) is 79.4 cm³/mol. The maximum Gasteiger partial charge on any atom is 0.122 e. The molecule has 20 heavy (non-hydrogen) atoms. The molecule has 108 valence electrons. The summed E-state index contributed by atoms with van der Waals surface area (Å²) in [6.45, 7) is 0.844. The average molecular weight is 272 g/mol. The second kappa shape index (κ2) is 5.05. The normalized spacial score (nSPS) is 31.6. The lowest BCUT2D eigenvalue weighted by molar-refractivity contribution is 0.322.